The lowest BCUT2D eigenvalue weighted by Gasteiger charge is -2.24. The van der Waals surface area contributed by atoms with E-state index in [1.54, 1.807) is 6.20 Å². The van der Waals surface area contributed by atoms with Crippen LogP contribution in [0.1, 0.15) is 50.5 Å². The van der Waals surface area contributed by atoms with E-state index < -0.39 is 0 Å². The quantitative estimate of drug-likeness (QED) is 0.831. The fraction of sp³-hybridized carbons (Fsp3) is 0.625. The van der Waals surface area contributed by atoms with E-state index in [-0.39, 0.29) is 5.91 Å². The van der Waals surface area contributed by atoms with Gasteiger partial charge in [0.05, 0.1) is 11.9 Å². The minimum absolute atomic E-state index is 0.0724. The number of aromatic nitrogens is 1. The monoisotopic (exact) mass is 275 g/mol. The summed E-state index contributed by atoms with van der Waals surface area (Å²) in [4.78, 5) is 18.8. The van der Waals surface area contributed by atoms with E-state index in [1.807, 2.05) is 17.0 Å². The Labute approximate surface area is 121 Å². The van der Waals surface area contributed by atoms with Gasteiger partial charge >= 0.3 is 0 Å². The van der Waals surface area contributed by atoms with Gasteiger partial charge in [0.25, 0.3) is 5.91 Å². The van der Waals surface area contributed by atoms with Crippen molar-refractivity contribution >= 4 is 11.6 Å². The van der Waals surface area contributed by atoms with Crippen LogP contribution in [0.2, 0.25) is 0 Å². The van der Waals surface area contributed by atoms with Crippen molar-refractivity contribution in [1.29, 1.82) is 0 Å². The third kappa shape index (κ3) is 3.95. The van der Waals surface area contributed by atoms with Crippen molar-refractivity contribution in [3.8, 4) is 0 Å². The molecule has 20 heavy (non-hydrogen) atoms. The number of rotatable bonds is 7. The molecule has 1 aliphatic rings. The fourth-order valence-electron chi connectivity index (χ4n) is 2.22. The molecule has 0 aliphatic heterocycles. The van der Waals surface area contributed by atoms with Gasteiger partial charge in [-0.1, -0.05) is 20.8 Å². The molecule has 1 aliphatic carbocycles. The minimum Gasteiger partial charge on any atom is -0.384 e. The normalized spacial score (nSPS) is 14.4. The van der Waals surface area contributed by atoms with Crippen molar-refractivity contribution in [1.82, 2.24) is 9.88 Å². The Hall–Kier alpha value is -1.58. The molecule has 1 saturated carbocycles. The first-order valence-corrected chi connectivity index (χ1v) is 7.62. The number of hydrogen-bond acceptors (Lipinski definition) is 3. The Morgan fingerprint density at radius 3 is 2.70 bits per heavy atom. The highest BCUT2D eigenvalue weighted by atomic mass is 16.2. The van der Waals surface area contributed by atoms with Crippen LogP contribution in [0.4, 0.5) is 5.69 Å². The molecule has 1 fully saturated rings. The maximum Gasteiger partial charge on any atom is 0.272 e. The number of carbonyl (C=O) groups is 1. The summed E-state index contributed by atoms with van der Waals surface area (Å²) >= 11 is 0. The molecular weight excluding hydrogens is 250 g/mol. The largest absolute Gasteiger partial charge is 0.384 e. The summed E-state index contributed by atoms with van der Waals surface area (Å²) in [6.45, 7) is 8.16. The highest BCUT2D eigenvalue weighted by Crippen LogP contribution is 2.28. The van der Waals surface area contributed by atoms with Crippen LogP contribution in [0.5, 0.6) is 0 Å². The summed E-state index contributed by atoms with van der Waals surface area (Å²) in [6.07, 6.45) is 5.09. The second-order valence-corrected chi connectivity index (χ2v) is 5.94. The second-order valence-electron chi connectivity index (χ2n) is 5.94. The molecule has 0 spiro atoms. The lowest BCUT2D eigenvalue weighted by molar-refractivity contribution is 0.0716. The molecule has 4 heteroatoms. The Bertz CT molecular complexity index is 438. The van der Waals surface area contributed by atoms with Crippen LogP contribution in [0.25, 0.3) is 0 Å². The van der Waals surface area contributed by atoms with Crippen LogP contribution in [-0.4, -0.2) is 34.9 Å². The van der Waals surface area contributed by atoms with Crippen LogP contribution >= 0.6 is 0 Å². The molecule has 0 unspecified atom stereocenters. The molecule has 0 aromatic carbocycles. The maximum atomic E-state index is 12.5. The first-order valence-electron chi connectivity index (χ1n) is 7.62. The van der Waals surface area contributed by atoms with Crippen LogP contribution < -0.4 is 5.32 Å². The Morgan fingerprint density at radius 2 is 2.20 bits per heavy atom. The topological polar surface area (TPSA) is 45.2 Å². The molecule has 1 aromatic rings. The van der Waals surface area contributed by atoms with E-state index >= 15 is 0 Å². The molecule has 0 bridgehead atoms. The van der Waals surface area contributed by atoms with Gasteiger partial charge in [0, 0.05) is 19.1 Å². The zero-order valence-corrected chi connectivity index (χ0v) is 12.7. The third-order valence-corrected chi connectivity index (χ3v) is 3.37. The molecule has 1 amide bonds. The summed E-state index contributed by atoms with van der Waals surface area (Å²) in [5, 5.41) is 3.27. The average molecular weight is 275 g/mol. The third-order valence-electron chi connectivity index (χ3n) is 3.37. The molecule has 1 heterocycles. The van der Waals surface area contributed by atoms with Crippen LogP contribution in [0, 0.1) is 5.92 Å². The fourth-order valence-corrected chi connectivity index (χ4v) is 2.22. The number of anilines is 1. The molecule has 0 radical (unpaired) electrons. The zero-order chi connectivity index (χ0) is 14.5. The van der Waals surface area contributed by atoms with Gasteiger partial charge in [-0.3, -0.25) is 4.79 Å². The van der Waals surface area contributed by atoms with Gasteiger partial charge in [0.2, 0.25) is 0 Å². The Morgan fingerprint density at radius 1 is 1.45 bits per heavy atom. The molecule has 2 rings (SSSR count). The SMILES string of the molecule is CCCNc1ccc(C(=O)N(CC(C)C)C2CC2)nc1. The number of nitrogens with one attached hydrogen (secondary N) is 1. The first-order chi connectivity index (χ1) is 9.61. The predicted molar refractivity (Wildman–Crippen MR) is 81.9 cm³/mol. The van der Waals surface area contributed by atoms with Crippen LogP contribution in [-0.2, 0) is 0 Å². The molecule has 0 atom stereocenters. The average Bonchev–Trinajstić information content (AvgIpc) is 3.26. The van der Waals surface area contributed by atoms with Crippen molar-refractivity contribution in [3.05, 3.63) is 24.0 Å². The van der Waals surface area contributed by atoms with Gasteiger partial charge in [-0.05, 0) is 37.3 Å². The van der Waals surface area contributed by atoms with E-state index in [9.17, 15) is 4.79 Å². The molecule has 0 saturated heterocycles. The maximum absolute atomic E-state index is 12.5. The smallest absolute Gasteiger partial charge is 0.272 e. The Kier molecular flexibility index (Phi) is 4.99. The summed E-state index contributed by atoms with van der Waals surface area (Å²) in [5.41, 5.74) is 1.53. The number of hydrogen-bond donors (Lipinski definition) is 1. The lowest BCUT2D eigenvalue weighted by atomic mass is 10.2. The number of pyridine rings is 1. The molecule has 4 nitrogen and oxygen atoms in total. The van der Waals surface area contributed by atoms with Crippen LogP contribution in [0.15, 0.2) is 18.3 Å². The summed E-state index contributed by atoms with van der Waals surface area (Å²) in [6, 6.07) is 4.21. The summed E-state index contributed by atoms with van der Waals surface area (Å²) < 4.78 is 0. The summed E-state index contributed by atoms with van der Waals surface area (Å²) in [7, 11) is 0. The van der Waals surface area contributed by atoms with E-state index in [2.05, 4.69) is 31.1 Å². The zero-order valence-electron chi connectivity index (χ0n) is 12.7. The molecular formula is C16H25N3O. The van der Waals surface area contributed by atoms with Gasteiger partial charge in [0.15, 0.2) is 0 Å². The Balaban J connectivity index is 2.03. The van der Waals surface area contributed by atoms with Crippen molar-refractivity contribution in [2.75, 3.05) is 18.4 Å². The highest BCUT2D eigenvalue weighted by molar-refractivity contribution is 5.93. The number of amides is 1. The van der Waals surface area contributed by atoms with E-state index in [0.717, 1.165) is 38.0 Å². The van der Waals surface area contributed by atoms with Crippen molar-refractivity contribution in [2.45, 2.75) is 46.1 Å². The van der Waals surface area contributed by atoms with Gasteiger partial charge in [-0.25, -0.2) is 4.98 Å². The predicted octanol–water partition coefficient (Wildman–Crippen LogP) is 3.16. The van der Waals surface area contributed by atoms with Crippen molar-refractivity contribution < 1.29 is 4.79 Å². The number of nitrogens with zero attached hydrogens (tertiary/aromatic N) is 2. The standard InChI is InChI=1S/C16H25N3O/c1-4-9-17-13-5-8-15(18-10-13)16(20)19(11-12(2)3)14-6-7-14/h5,8,10,12,14,17H,4,6-7,9,11H2,1-3H3. The van der Waals surface area contributed by atoms with Crippen molar-refractivity contribution in [3.63, 3.8) is 0 Å². The van der Waals surface area contributed by atoms with Gasteiger partial charge < -0.3 is 10.2 Å². The van der Waals surface area contributed by atoms with E-state index in [4.69, 9.17) is 0 Å². The van der Waals surface area contributed by atoms with Crippen molar-refractivity contribution in [2.24, 2.45) is 5.92 Å². The number of carbonyl (C=O) groups excluding carboxylic acids is 1. The van der Waals surface area contributed by atoms with Crippen LogP contribution in [0.3, 0.4) is 0 Å². The van der Waals surface area contributed by atoms with E-state index in [1.165, 1.54) is 0 Å². The lowest BCUT2D eigenvalue weighted by Crippen LogP contribution is -2.36. The van der Waals surface area contributed by atoms with Gasteiger partial charge in [0.1, 0.15) is 5.69 Å². The first kappa shape index (κ1) is 14.8. The van der Waals surface area contributed by atoms with Gasteiger partial charge in [-0.15, -0.1) is 0 Å². The molecule has 1 N–H and O–H groups in total. The highest BCUT2D eigenvalue weighted by Gasteiger charge is 2.33. The minimum atomic E-state index is 0.0724. The molecule has 1 aromatic heterocycles. The van der Waals surface area contributed by atoms with E-state index in [0.29, 0.717) is 17.7 Å². The summed E-state index contributed by atoms with van der Waals surface area (Å²) in [5.74, 6) is 0.563. The molecule has 110 valence electrons. The second kappa shape index (κ2) is 6.73. The van der Waals surface area contributed by atoms with Gasteiger partial charge in [-0.2, -0.15) is 0 Å².